The number of hydrogen-bond acceptors (Lipinski definition) is 0. The van der Waals surface area contributed by atoms with Crippen LogP contribution < -0.4 is 37.2 Å². The summed E-state index contributed by atoms with van der Waals surface area (Å²) in [5.74, 6) is 0. The number of aryl methyl sites for hydroxylation is 2. The Hall–Kier alpha value is 0.284. The third-order valence-electron chi connectivity index (χ3n) is 3.02. The summed E-state index contributed by atoms with van der Waals surface area (Å²) in [6.45, 7) is 4.35. The maximum absolute atomic E-state index is 2.31. The summed E-state index contributed by atoms with van der Waals surface area (Å²) < 4.78 is 1.45. The molecule has 0 aliphatic heterocycles. The van der Waals surface area contributed by atoms with Crippen molar-refractivity contribution in [2.45, 2.75) is 26.7 Å². The van der Waals surface area contributed by atoms with E-state index in [9.17, 15) is 0 Å². The van der Waals surface area contributed by atoms with Crippen LogP contribution in [0.5, 0.6) is 0 Å². The summed E-state index contributed by atoms with van der Waals surface area (Å²) in [7, 11) is 0. The number of hydrogen-bond donors (Lipinski definition) is 0. The van der Waals surface area contributed by atoms with Crippen molar-refractivity contribution in [1.29, 1.82) is 0 Å². The standard InChI is InChI=1S/C14H15.3ClH.Ti/c1-11-7-8-14(9-12(11)2)10-13-5-3-4-6-13;;;;/h3-4,7-9H,5,10H2,1-2H3;3*1H;/q;;;;+3/p-3. The van der Waals surface area contributed by atoms with E-state index in [1.165, 1.54) is 20.6 Å². The molecule has 0 saturated carbocycles. The summed E-state index contributed by atoms with van der Waals surface area (Å²) >= 11 is 2.21. The van der Waals surface area contributed by atoms with Gasteiger partial charge in [-0.3, -0.25) is 0 Å². The average molecular weight is 338 g/mol. The van der Waals surface area contributed by atoms with Crippen molar-refractivity contribution < 1.29 is 57.7 Å². The molecular weight excluding hydrogens is 322 g/mol. The predicted molar refractivity (Wildman–Crippen MR) is 60.4 cm³/mol. The van der Waals surface area contributed by atoms with Gasteiger partial charge in [0.1, 0.15) is 0 Å². The molecule has 0 spiro atoms. The Kier molecular flexibility index (Phi) is 10.6. The predicted octanol–water partition coefficient (Wildman–Crippen LogP) is -5.38. The smallest absolute Gasteiger partial charge is 1.00 e. The van der Waals surface area contributed by atoms with Crippen LogP contribution in [-0.4, -0.2) is 0 Å². The second-order valence-electron chi connectivity index (χ2n) is 4.22. The van der Waals surface area contributed by atoms with Gasteiger partial charge in [0.2, 0.25) is 0 Å². The zero-order chi connectivity index (χ0) is 10.8. The van der Waals surface area contributed by atoms with Crippen LogP contribution in [-0.2, 0) is 26.9 Å². The number of rotatable bonds is 2. The Balaban J connectivity index is 0. The molecule has 0 aromatic heterocycles. The molecule has 0 unspecified atom stereocenters. The van der Waals surface area contributed by atoms with Gasteiger partial charge in [-0.2, -0.15) is 0 Å². The van der Waals surface area contributed by atoms with E-state index in [1.807, 2.05) is 0 Å². The van der Waals surface area contributed by atoms with E-state index in [0.717, 1.165) is 12.8 Å². The monoisotopic (exact) mass is 336 g/mol. The molecule has 4 heteroatoms. The molecule has 0 fully saturated rings. The number of benzene rings is 1. The van der Waals surface area contributed by atoms with Crippen molar-refractivity contribution >= 4 is 0 Å². The van der Waals surface area contributed by atoms with Crippen molar-refractivity contribution in [2.75, 3.05) is 0 Å². The largest absolute Gasteiger partial charge is 1.00 e. The quantitative estimate of drug-likeness (QED) is 0.473. The Morgan fingerprint density at radius 3 is 2.22 bits per heavy atom. The maximum Gasteiger partial charge on any atom is -1.00 e. The van der Waals surface area contributed by atoms with E-state index >= 15 is 0 Å². The van der Waals surface area contributed by atoms with E-state index < -0.39 is 0 Å². The van der Waals surface area contributed by atoms with Gasteiger partial charge in [-0.1, -0.05) is 0 Å². The van der Waals surface area contributed by atoms with E-state index in [1.54, 1.807) is 5.57 Å². The molecule has 0 bridgehead atoms. The van der Waals surface area contributed by atoms with Crippen LogP contribution in [0.15, 0.2) is 39.8 Å². The van der Waals surface area contributed by atoms with Gasteiger partial charge < -0.3 is 37.2 Å². The Morgan fingerprint density at radius 2 is 1.72 bits per heavy atom. The van der Waals surface area contributed by atoms with Crippen LogP contribution >= 0.6 is 0 Å². The Bertz CT molecular complexity index is 450. The molecule has 18 heavy (non-hydrogen) atoms. The zero-order valence-corrected chi connectivity index (χ0v) is 14.3. The molecule has 0 atom stereocenters. The second-order valence-corrected chi connectivity index (χ2v) is 5.06. The van der Waals surface area contributed by atoms with Crippen LogP contribution in [0, 0.1) is 13.8 Å². The topological polar surface area (TPSA) is 0 Å². The minimum absolute atomic E-state index is 0. The summed E-state index contributed by atoms with van der Waals surface area (Å²) in [5.41, 5.74) is 5.79. The zero-order valence-electron chi connectivity index (χ0n) is 10.4. The van der Waals surface area contributed by atoms with Crippen molar-refractivity contribution in [2.24, 2.45) is 0 Å². The first-order chi connectivity index (χ1) is 7.16. The fourth-order valence-corrected chi connectivity index (χ4v) is 2.36. The van der Waals surface area contributed by atoms with Crippen LogP contribution in [0.4, 0.5) is 0 Å². The first-order valence-corrected chi connectivity index (χ1v) is 6.11. The van der Waals surface area contributed by atoms with Gasteiger partial charge in [0, 0.05) is 0 Å². The van der Waals surface area contributed by atoms with Gasteiger partial charge in [-0.15, -0.1) is 0 Å². The first kappa shape index (κ1) is 20.6. The SMILES string of the molecule is Cc1ccc(CC2=[C]([Ti+3])C=CC2)cc1C.[Cl-].[Cl-].[Cl-]. The summed E-state index contributed by atoms with van der Waals surface area (Å²) in [5, 5.41) is 0. The third kappa shape index (κ3) is 5.11. The van der Waals surface area contributed by atoms with E-state index in [-0.39, 0.29) is 37.2 Å². The van der Waals surface area contributed by atoms with Crippen molar-refractivity contribution in [3.63, 3.8) is 0 Å². The van der Waals surface area contributed by atoms with Crippen LogP contribution in [0.1, 0.15) is 23.1 Å². The fraction of sp³-hybridized carbons (Fsp3) is 0.286. The molecule has 0 saturated heterocycles. The molecule has 2 rings (SSSR count). The minimum Gasteiger partial charge on any atom is -1.00 e. The molecule has 1 aliphatic carbocycles. The fourth-order valence-electron chi connectivity index (χ4n) is 1.87. The summed E-state index contributed by atoms with van der Waals surface area (Å²) in [4.78, 5) is 0. The molecule has 96 valence electrons. The minimum atomic E-state index is 0. The molecule has 0 heterocycles. The van der Waals surface area contributed by atoms with E-state index in [4.69, 9.17) is 0 Å². The van der Waals surface area contributed by atoms with Crippen molar-refractivity contribution in [3.8, 4) is 0 Å². The summed E-state index contributed by atoms with van der Waals surface area (Å²) in [6.07, 6.45) is 6.74. The normalized spacial score (nSPS) is 12.7. The average Bonchev–Trinajstić information content (AvgIpc) is 2.59. The second kappa shape index (κ2) is 9.23. The number of allylic oxidation sites excluding steroid dienone is 4. The number of halogens is 3. The van der Waals surface area contributed by atoms with Gasteiger partial charge >= 0.3 is 104 Å². The molecule has 1 aromatic carbocycles. The Morgan fingerprint density at radius 1 is 1.06 bits per heavy atom. The van der Waals surface area contributed by atoms with Crippen LogP contribution in [0.2, 0.25) is 0 Å². The molecule has 1 aromatic rings. The van der Waals surface area contributed by atoms with Gasteiger partial charge in [0.25, 0.3) is 0 Å². The first-order valence-electron chi connectivity index (χ1n) is 5.33. The van der Waals surface area contributed by atoms with Crippen LogP contribution in [0.3, 0.4) is 0 Å². The van der Waals surface area contributed by atoms with Crippen molar-refractivity contribution in [3.05, 3.63) is 56.5 Å². The van der Waals surface area contributed by atoms with E-state index in [2.05, 4.69) is 64.6 Å². The van der Waals surface area contributed by atoms with Crippen molar-refractivity contribution in [1.82, 2.24) is 0 Å². The molecule has 1 aliphatic rings. The van der Waals surface area contributed by atoms with Gasteiger partial charge in [0.05, 0.1) is 0 Å². The van der Waals surface area contributed by atoms with Crippen LogP contribution in [0.25, 0.3) is 0 Å². The third-order valence-corrected chi connectivity index (χ3v) is 3.83. The van der Waals surface area contributed by atoms with Gasteiger partial charge in [0.15, 0.2) is 0 Å². The molecule has 0 nitrogen and oxygen atoms in total. The summed E-state index contributed by atoms with van der Waals surface area (Å²) in [6, 6.07) is 6.79. The molecule has 0 amide bonds. The molecule has 0 radical (unpaired) electrons. The maximum atomic E-state index is 2.31. The van der Waals surface area contributed by atoms with Gasteiger partial charge in [-0.25, -0.2) is 0 Å². The van der Waals surface area contributed by atoms with Gasteiger partial charge in [-0.05, 0) is 0 Å². The molecular formula is C14H15Cl3Ti. The Labute approximate surface area is 140 Å². The molecule has 0 N–H and O–H groups in total. The van der Waals surface area contributed by atoms with E-state index in [0.29, 0.717) is 0 Å².